The molecule has 0 aliphatic carbocycles. The van der Waals surface area contributed by atoms with Gasteiger partial charge in [-0.2, -0.15) is 0 Å². The van der Waals surface area contributed by atoms with E-state index in [1.54, 1.807) is 11.3 Å². The van der Waals surface area contributed by atoms with Gasteiger partial charge >= 0.3 is 0 Å². The highest BCUT2D eigenvalue weighted by Crippen LogP contribution is 2.33. The lowest BCUT2D eigenvalue weighted by atomic mass is 10.0. The van der Waals surface area contributed by atoms with Crippen LogP contribution in [0.4, 0.5) is 0 Å². The molecule has 1 unspecified atom stereocenters. The van der Waals surface area contributed by atoms with Crippen molar-refractivity contribution >= 4 is 27.2 Å². The summed E-state index contributed by atoms with van der Waals surface area (Å²) in [5.74, 6) is 0.194. The van der Waals surface area contributed by atoms with Crippen LogP contribution in [-0.2, 0) is 9.53 Å². The van der Waals surface area contributed by atoms with Crippen LogP contribution in [-0.4, -0.2) is 12.4 Å². The molecule has 0 saturated carbocycles. The lowest BCUT2D eigenvalue weighted by molar-refractivity contribution is -0.131. The van der Waals surface area contributed by atoms with Crippen molar-refractivity contribution in [2.45, 2.75) is 39.2 Å². The lowest BCUT2D eigenvalue weighted by Gasteiger charge is -2.16. The summed E-state index contributed by atoms with van der Waals surface area (Å²) in [6.07, 6.45) is 1.99. The van der Waals surface area contributed by atoms with Gasteiger partial charge in [0.15, 0.2) is 5.78 Å². The van der Waals surface area contributed by atoms with Crippen LogP contribution in [0.2, 0.25) is 0 Å². The minimum atomic E-state index is -0.393. The molecule has 0 aliphatic rings. The fraction of sp³-hybridized carbons (Fsp3) is 0.438. The molecule has 3 heteroatoms. The Kier molecular flexibility index (Phi) is 5.11. The average molecular weight is 276 g/mol. The standard InChI is InChI=1S/C16H20O2S/c1-3-7-14(17)16(18-10-4-2)13-11-19-15-9-6-5-8-12(13)15/h5-6,8-9,11,16H,3-4,7,10H2,1-2H3. The van der Waals surface area contributed by atoms with Crippen LogP contribution in [0.25, 0.3) is 10.1 Å². The first-order chi connectivity index (χ1) is 9.27. The molecule has 1 atom stereocenters. The van der Waals surface area contributed by atoms with Gasteiger partial charge in [-0.05, 0) is 29.7 Å². The zero-order chi connectivity index (χ0) is 13.7. The number of hydrogen-bond donors (Lipinski definition) is 0. The Morgan fingerprint density at radius 2 is 2.05 bits per heavy atom. The number of ketones is 1. The molecule has 0 amide bonds. The van der Waals surface area contributed by atoms with Crippen molar-refractivity contribution in [1.29, 1.82) is 0 Å². The molecule has 102 valence electrons. The highest BCUT2D eigenvalue weighted by atomic mass is 32.1. The van der Waals surface area contributed by atoms with Gasteiger partial charge < -0.3 is 4.74 Å². The predicted octanol–water partition coefficient (Wildman–Crippen LogP) is 4.74. The van der Waals surface area contributed by atoms with Gasteiger partial charge in [0.25, 0.3) is 0 Å². The fourth-order valence-corrected chi connectivity index (χ4v) is 3.15. The Morgan fingerprint density at radius 3 is 2.79 bits per heavy atom. The third-order valence-electron chi connectivity index (χ3n) is 3.07. The second kappa shape index (κ2) is 6.83. The number of carbonyl (C=O) groups is 1. The summed E-state index contributed by atoms with van der Waals surface area (Å²) in [5.41, 5.74) is 1.03. The SMILES string of the molecule is CCCOC(C(=O)CCC)c1csc2ccccc12. The highest BCUT2D eigenvalue weighted by molar-refractivity contribution is 7.17. The van der Waals surface area contributed by atoms with Gasteiger partial charge in [-0.3, -0.25) is 4.79 Å². The second-order valence-electron chi connectivity index (χ2n) is 4.65. The molecule has 0 radical (unpaired) electrons. The van der Waals surface area contributed by atoms with Crippen LogP contribution in [0.3, 0.4) is 0 Å². The van der Waals surface area contributed by atoms with Crippen molar-refractivity contribution in [3.63, 3.8) is 0 Å². The first kappa shape index (κ1) is 14.2. The van der Waals surface area contributed by atoms with Crippen molar-refractivity contribution in [2.24, 2.45) is 0 Å². The summed E-state index contributed by atoms with van der Waals surface area (Å²) in [4.78, 5) is 12.3. The number of carbonyl (C=O) groups excluding carboxylic acids is 1. The van der Waals surface area contributed by atoms with Crippen LogP contribution in [0.15, 0.2) is 29.6 Å². The van der Waals surface area contributed by atoms with Gasteiger partial charge in [0.1, 0.15) is 6.10 Å². The van der Waals surface area contributed by atoms with Crippen LogP contribution in [0.1, 0.15) is 44.8 Å². The number of thiophene rings is 1. The molecule has 1 aromatic heterocycles. The fourth-order valence-electron chi connectivity index (χ4n) is 2.17. The minimum absolute atomic E-state index is 0.194. The van der Waals surface area contributed by atoms with Crippen molar-refractivity contribution in [3.05, 3.63) is 35.2 Å². The monoisotopic (exact) mass is 276 g/mol. The third kappa shape index (κ3) is 3.23. The van der Waals surface area contributed by atoms with Crippen molar-refractivity contribution in [2.75, 3.05) is 6.61 Å². The van der Waals surface area contributed by atoms with E-state index in [4.69, 9.17) is 4.74 Å². The molecule has 0 fully saturated rings. The highest BCUT2D eigenvalue weighted by Gasteiger charge is 2.23. The van der Waals surface area contributed by atoms with E-state index in [0.29, 0.717) is 13.0 Å². The number of fused-ring (bicyclic) bond motifs is 1. The molecule has 2 nitrogen and oxygen atoms in total. The van der Waals surface area contributed by atoms with E-state index in [9.17, 15) is 4.79 Å². The van der Waals surface area contributed by atoms with Gasteiger partial charge in [-0.25, -0.2) is 0 Å². The second-order valence-corrected chi connectivity index (χ2v) is 5.57. The number of ether oxygens (including phenoxy) is 1. The number of hydrogen-bond acceptors (Lipinski definition) is 3. The van der Waals surface area contributed by atoms with E-state index < -0.39 is 6.10 Å². The first-order valence-corrected chi connectivity index (χ1v) is 7.76. The maximum Gasteiger partial charge on any atom is 0.166 e. The van der Waals surface area contributed by atoms with Gasteiger partial charge in [0, 0.05) is 23.3 Å². The van der Waals surface area contributed by atoms with E-state index in [2.05, 4.69) is 24.4 Å². The van der Waals surface area contributed by atoms with Gasteiger partial charge in [-0.15, -0.1) is 11.3 Å². The van der Waals surface area contributed by atoms with E-state index in [-0.39, 0.29) is 5.78 Å². The quantitative estimate of drug-likeness (QED) is 0.730. The van der Waals surface area contributed by atoms with Crippen LogP contribution >= 0.6 is 11.3 Å². The summed E-state index contributed by atoms with van der Waals surface area (Å²) in [7, 11) is 0. The Hall–Kier alpha value is -1.19. The molecule has 0 spiro atoms. The Morgan fingerprint density at radius 1 is 1.26 bits per heavy atom. The molecule has 19 heavy (non-hydrogen) atoms. The predicted molar refractivity (Wildman–Crippen MR) is 80.7 cm³/mol. The zero-order valence-corrected chi connectivity index (χ0v) is 12.3. The maximum absolute atomic E-state index is 12.3. The molecule has 0 saturated heterocycles. The zero-order valence-electron chi connectivity index (χ0n) is 11.5. The smallest absolute Gasteiger partial charge is 0.166 e. The van der Waals surface area contributed by atoms with Gasteiger partial charge in [-0.1, -0.05) is 32.0 Å². The van der Waals surface area contributed by atoms with E-state index in [1.807, 2.05) is 19.1 Å². The largest absolute Gasteiger partial charge is 0.366 e. The maximum atomic E-state index is 12.3. The number of rotatable bonds is 7. The molecule has 1 heterocycles. The molecule has 2 aromatic rings. The van der Waals surface area contributed by atoms with Crippen LogP contribution < -0.4 is 0 Å². The first-order valence-electron chi connectivity index (χ1n) is 6.88. The minimum Gasteiger partial charge on any atom is -0.366 e. The van der Waals surface area contributed by atoms with Gasteiger partial charge in [0.05, 0.1) is 0 Å². The van der Waals surface area contributed by atoms with E-state index in [0.717, 1.165) is 23.8 Å². The Labute approximate surface area is 118 Å². The molecular weight excluding hydrogens is 256 g/mol. The molecule has 0 N–H and O–H groups in total. The van der Waals surface area contributed by atoms with Crippen LogP contribution in [0, 0.1) is 0 Å². The van der Waals surface area contributed by atoms with E-state index in [1.165, 1.54) is 4.70 Å². The average Bonchev–Trinajstić information content (AvgIpc) is 2.84. The van der Waals surface area contributed by atoms with Gasteiger partial charge in [0.2, 0.25) is 0 Å². The van der Waals surface area contributed by atoms with Crippen LogP contribution in [0.5, 0.6) is 0 Å². The molecule has 0 bridgehead atoms. The normalized spacial score (nSPS) is 12.7. The van der Waals surface area contributed by atoms with Crippen molar-refractivity contribution in [1.82, 2.24) is 0 Å². The molecule has 2 rings (SSSR count). The number of benzene rings is 1. The third-order valence-corrected chi connectivity index (χ3v) is 4.05. The topological polar surface area (TPSA) is 26.3 Å². The summed E-state index contributed by atoms with van der Waals surface area (Å²) >= 11 is 1.68. The summed E-state index contributed by atoms with van der Waals surface area (Å²) in [5, 5.41) is 3.22. The van der Waals surface area contributed by atoms with Crippen molar-refractivity contribution < 1.29 is 9.53 Å². The Bertz CT molecular complexity index is 544. The van der Waals surface area contributed by atoms with E-state index >= 15 is 0 Å². The molecule has 0 aliphatic heterocycles. The summed E-state index contributed by atoms with van der Waals surface area (Å²) in [6.45, 7) is 4.72. The molecular formula is C16H20O2S. The number of Topliss-reactive ketones (excluding diaryl/α,β-unsaturated/α-hetero) is 1. The lowest BCUT2D eigenvalue weighted by Crippen LogP contribution is -2.16. The summed E-state index contributed by atoms with van der Waals surface area (Å²) < 4.78 is 7.03. The molecule has 1 aromatic carbocycles. The Balaban J connectivity index is 2.33. The summed E-state index contributed by atoms with van der Waals surface area (Å²) in [6, 6.07) is 8.20. The van der Waals surface area contributed by atoms with Crippen molar-refractivity contribution in [3.8, 4) is 0 Å².